The molecule has 0 bridgehead atoms. The molecular formula is C19H26ClN3O2. The first-order valence-corrected chi connectivity index (χ1v) is 8.96. The second-order valence-corrected chi connectivity index (χ2v) is 6.90. The summed E-state index contributed by atoms with van der Waals surface area (Å²) in [5.41, 5.74) is 3.18. The van der Waals surface area contributed by atoms with Crippen LogP contribution < -0.4 is 5.32 Å². The van der Waals surface area contributed by atoms with Crippen molar-refractivity contribution >= 4 is 17.5 Å². The summed E-state index contributed by atoms with van der Waals surface area (Å²) in [6.07, 6.45) is 0.806. The van der Waals surface area contributed by atoms with Gasteiger partial charge in [-0.1, -0.05) is 25.4 Å². The third-order valence-corrected chi connectivity index (χ3v) is 4.33. The van der Waals surface area contributed by atoms with E-state index in [1.165, 1.54) is 0 Å². The number of aryl methyl sites for hydroxylation is 1. The Morgan fingerprint density at radius 1 is 1.28 bits per heavy atom. The fourth-order valence-electron chi connectivity index (χ4n) is 2.43. The van der Waals surface area contributed by atoms with Crippen LogP contribution in [0.1, 0.15) is 42.0 Å². The van der Waals surface area contributed by atoms with Gasteiger partial charge in [0.15, 0.2) is 0 Å². The molecule has 25 heavy (non-hydrogen) atoms. The Morgan fingerprint density at radius 3 is 2.52 bits per heavy atom. The van der Waals surface area contributed by atoms with Crippen molar-refractivity contribution in [1.29, 1.82) is 0 Å². The molecule has 2 rings (SSSR count). The van der Waals surface area contributed by atoms with E-state index < -0.39 is 0 Å². The number of rotatable bonds is 8. The maximum atomic E-state index is 12.2. The molecule has 0 unspecified atom stereocenters. The Kier molecular flexibility index (Phi) is 7.02. The number of carbonyl (C=O) groups is 1. The number of nitrogens with one attached hydrogen (secondary N) is 1. The van der Waals surface area contributed by atoms with Crippen molar-refractivity contribution in [1.82, 2.24) is 15.1 Å². The van der Waals surface area contributed by atoms with Gasteiger partial charge in [0.1, 0.15) is 0 Å². The molecule has 1 amide bonds. The summed E-state index contributed by atoms with van der Waals surface area (Å²) in [6, 6.07) is 7.33. The van der Waals surface area contributed by atoms with Gasteiger partial charge in [0.05, 0.1) is 22.1 Å². The highest BCUT2D eigenvalue weighted by Gasteiger charge is 2.11. The number of hydrogen-bond acceptors (Lipinski definition) is 3. The molecule has 0 atom stereocenters. The van der Waals surface area contributed by atoms with E-state index in [0.717, 1.165) is 30.1 Å². The van der Waals surface area contributed by atoms with Crippen LogP contribution in [-0.2, 0) is 4.74 Å². The zero-order valence-corrected chi connectivity index (χ0v) is 16.1. The lowest BCUT2D eigenvalue weighted by Crippen LogP contribution is -2.25. The van der Waals surface area contributed by atoms with Crippen molar-refractivity contribution in [2.24, 2.45) is 5.92 Å². The van der Waals surface area contributed by atoms with Crippen LogP contribution in [0.4, 0.5) is 0 Å². The SMILES string of the molecule is Cc1nn(-c2ccc(C(=O)NCCCOCC(C)C)cc2)c(C)c1Cl. The van der Waals surface area contributed by atoms with E-state index in [1.54, 1.807) is 16.8 Å². The Hall–Kier alpha value is -1.85. The van der Waals surface area contributed by atoms with Gasteiger partial charge < -0.3 is 10.1 Å². The molecule has 1 N–H and O–H groups in total. The third-order valence-electron chi connectivity index (χ3n) is 3.78. The van der Waals surface area contributed by atoms with Gasteiger partial charge in [-0.15, -0.1) is 0 Å². The van der Waals surface area contributed by atoms with E-state index in [9.17, 15) is 4.79 Å². The quantitative estimate of drug-likeness (QED) is 0.723. The molecule has 0 aliphatic heterocycles. The van der Waals surface area contributed by atoms with Gasteiger partial charge in [-0.05, 0) is 50.5 Å². The van der Waals surface area contributed by atoms with Crippen LogP contribution in [0.3, 0.4) is 0 Å². The van der Waals surface area contributed by atoms with Gasteiger partial charge in [0, 0.05) is 25.3 Å². The van der Waals surface area contributed by atoms with Gasteiger partial charge >= 0.3 is 0 Å². The molecule has 0 radical (unpaired) electrons. The molecular weight excluding hydrogens is 338 g/mol. The van der Waals surface area contributed by atoms with Gasteiger partial charge in [-0.25, -0.2) is 4.68 Å². The summed E-state index contributed by atoms with van der Waals surface area (Å²) in [5.74, 6) is 0.451. The number of carbonyl (C=O) groups excluding carboxylic acids is 1. The number of hydrogen-bond donors (Lipinski definition) is 1. The minimum absolute atomic E-state index is 0.0817. The minimum atomic E-state index is -0.0817. The van der Waals surface area contributed by atoms with Crippen LogP contribution in [0.25, 0.3) is 5.69 Å². The van der Waals surface area contributed by atoms with Crippen LogP contribution in [0, 0.1) is 19.8 Å². The number of nitrogens with zero attached hydrogens (tertiary/aromatic N) is 2. The van der Waals surface area contributed by atoms with E-state index in [2.05, 4.69) is 24.3 Å². The first kappa shape index (κ1) is 19.5. The second kappa shape index (κ2) is 9.02. The Morgan fingerprint density at radius 2 is 1.96 bits per heavy atom. The summed E-state index contributed by atoms with van der Waals surface area (Å²) in [6.45, 7) is 10.0. The highest BCUT2D eigenvalue weighted by Crippen LogP contribution is 2.22. The molecule has 0 saturated heterocycles. The lowest BCUT2D eigenvalue weighted by molar-refractivity contribution is 0.0925. The fraction of sp³-hybridized carbons (Fsp3) is 0.474. The number of amides is 1. The smallest absolute Gasteiger partial charge is 0.251 e. The molecule has 1 aromatic heterocycles. The van der Waals surface area contributed by atoms with E-state index in [4.69, 9.17) is 16.3 Å². The molecule has 0 fully saturated rings. The van der Waals surface area contributed by atoms with Crippen LogP contribution in [0.15, 0.2) is 24.3 Å². The molecule has 0 spiro atoms. The first-order valence-electron chi connectivity index (χ1n) is 8.58. The molecule has 0 aliphatic carbocycles. The number of ether oxygens (including phenoxy) is 1. The van der Waals surface area contributed by atoms with Crippen molar-refractivity contribution in [3.63, 3.8) is 0 Å². The van der Waals surface area contributed by atoms with Crippen LogP contribution >= 0.6 is 11.6 Å². The Balaban J connectivity index is 1.87. The van der Waals surface area contributed by atoms with Crippen molar-refractivity contribution in [3.8, 4) is 5.69 Å². The highest BCUT2D eigenvalue weighted by molar-refractivity contribution is 6.31. The number of halogens is 1. The Labute approximate surface area is 154 Å². The largest absolute Gasteiger partial charge is 0.381 e. The molecule has 1 heterocycles. The van der Waals surface area contributed by atoms with Crippen LogP contribution in [0.5, 0.6) is 0 Å². The van der Waals surface area contributed by atoms with Crippen molar-refractivity contribution in [3.05, 3.63) is 46.2 Å². The van der Waals surface area contributed by atoms with Gasteiger partial charge in [-0.2, -0.15) is 5.10 Å². The molecule has 1 aromatic carbocycles. The van der Waals surface area contributed by atoms with Gasteiger partial charge in [0.25, 0.3) is 5.91 Å². The highest BCUT2D eigenvalue weighted by atomic mass is 35.5. The van der Waals surface area contributed by atoms with E-state index in [1.807, 2.05) is 26.0 Å². The lowest BCUT2D eigenvalue weighted by Gasteiger charge is -2.09. The maximum Gasteiger partial charge on any atom is 0.251 e. The van der Waals surface area contributed by atoms with Gasteiger partial charge in [-0.3, -0.25) is 4.79 Å². The summed E-state index contributed by atoms with van der Waals surface area (Å²) in [7, 11) is 0. The summed E-state index contributed by atoms with van der Waals surface area (Å²) >= 11 is 6.18. The minimum Gasteiger partial charge on any atom is -0.381 e. The van der Waals surface area contributed by atoms with Crippen molar-refractivity contribution < 1.29 is 9.53 Å². The van der Waals surface area contributed by atoms with E-state index in [0.29, 0.717) is 29.7 Å². The molecule has 6 heteroatoms. The average Bonchev–Trinajstić information content (AvgIpc) is 2.85. The number of benzene rings is 1. The summed E-state index contributed by atoms with van der Waals surface area (Å²) in [5, 5.41) is 7.99. The topological polar surface area (TPSA) is 56.2 Å². The average molecular weight is 364 g/mol. The second-order valence-electron chi connectivity index (χ2n) is 6.52. The van der Waals surface area contributed by atoms with Gasteiger partial charge in [0.2, 0.25) is 0 Å². The first-order chi connectivity index (χ1) is 11.9. The maximum absolute atomic E-state index is 12.2. The third kappa shape index (κ3) is 5.31. The molecule has 0 aliphatic rings. The fourth-order valence-corrected chi connectivity index (χ4v) is 2.54. The zero-order valence-electron chi connectivity index (χ0n) is 15.3. The number of aromatic nitrogens is 2. The van der Waals surface area contributed by atoms with Crippen molar-refractivity contribution in [2.75, 3.05) is 19.8 Å². The summed E-state index contributed by atoms with van der Waals surface area (Å²) < 4.78 is 7.28. The lowest BCUT2D eigenvalue weighted by atomic mass is 10.2. The van der Waals surface area contributed by atoms with E-state index in [-0.39, 0.29) is 5.91 Å². The predicted molar refractivity (Wildman–Crippen MR) is 101 cm³/mol. The predicted octanol–water partition coefficient (Wildman–Crippen LogP) is 3.94. The molecule has 5 nitrogen and oxygen atoms in total. The van der Waals surface area contributed by atoms with Crippen LogP contribution in [-0.4, -0.2) is 35.4 Å². The molecule has 0 saturated carbocycles. The van der Waals surface area contributed by atoms with Crippen LogP contribution in [0.2, 0.25) is 5.02 Å². The van der Waals surface area contributed by atoms with E-state index >= 15 is 0 Å². The Bertz CT molecular complexity index is 708. The monoisotopic (exact) mass is 363 g/mol. The molecule has 136 valence electrons. The zero-order chi connectivity index (χ0) is 18.4. The summed E-state index contributed by atoms with van der Waals surface area (Å²) in [4.78, 5) is 12.2. The normalized spacial score (nSPS) is 11.1. The molecule has 2 aromatic rings. The van der Waals surface area contributed by atoms with Crippen molar-refractivity contribution in [2.45, 2.75) is 34.1 Å². The standard InChI is InChI=1S/C19H26ClN3O2/c1-13(2)12-25-11-5-10-21-19(24)16-6-8-17(9-7-16)23-15(4)18(20)14(3)22-23/h6-9,13H,5,10-12H2,1-4H3,(H,21,24).